The van der Waals surface area contributed by atoms with E-state index in [0.29, 0.717) is 28.3 Å². The van der Waals surface area contributed by atoms with E-state index in [9.17, 15) is 14.4 Å². The molecule has 3 aromatic carbocycles. The van der Waals surface area contributed by atoms with E-state index in [1.807, 2.05) is 38.1 Å². The van der Waals surface area contributed by atoms with Gasteiger partial charge in [-0.3, -0.25) is 24.4 Å². The minimum atomic E-state index is -0.497. The van der Waals surface area contributed by atoms with Gasteiger partial charge < -0.3 is 32.2 Å². The molecule has 0 aliphatic carbocycles. The van der Waals surface area contributed by atoms with Crippen LogP contribution in [0, 0.1) is 5.41 Å². The molecule has 44 heavy (non-hydrogen) atoms. The van der Waals surface area contributed by atoms with Crippen LogP contribution < -0.4 is 37.7 Å². The third-order valence-electron chi connectivity index (χ3n) is 6.64. The minimum Gasteiger partial charge on any atom is -0.497 e. The van der Waals surface area contributed by atoms with Crippen molar-refractivity contribution in [1.82, 2.24) is 20.2 Å². The first-order chi connectivity index (χ1) is 21.0. The van der Waals surface area contributed by atoms with E-state index in [0.717, 1.165) is 11.1 Å². The fourth-order valence-corrected chi connectivity index (χ4v) is 4.45. The number of nitrogens with zero attached hydrogens (tertiary/aromatic N) is 2. The van der Waals surface area contributed by atoms with E-state index in [2.05, 4.69) is 20.9 Å². The topological polar surface area (TPSA) is 190 Å². The Kier molecular flexibility index (Phi) is 9.96. The van der Waals surface area contributed by atoms with Crippen LogP contribution in [0.2, 0.25) is 0 Å². The molecule has 228 valence electrons. The Balaban J connectivity index is 1.59. The Labute approximate surface area is 255 Å². The summed E-state index contributed by atoms with van der Waals surface area (Å²) in [6, 6.07) is 19.0. The van der Waals surface area contributed by atoms with Crippen LogP contribution in [-0.4, -0.2) is 40.4 Å². The number of hydrogen-bond donors (Lipinski definition) is 6. The Morgan fingerprint density at radius 2 is 1.70 bits per heavy atom. The number of benzene rings is 3. The number of methoxy groups -OCH3 is 1. The summed E-state index contributed by atoms with van der Waals surface area (Å²) in [6.07, 6.45) is 1.48. The van der Waals surface area contributed by atoms with Crippen molar-refractivity contribution in [1.29, 1.82) is 5.41 Å². The van der Waals surface area contributed by atoms with E-state index < -0.39 is 11.5 Å². The Bertz CT molecular complexity index is 1730. The smallest absolute Gasteiger partial charge is 0.294 e. The van der Waals surface area contributed by atoms with E-state index in [1.54, 1.807) is 49.6 Å². The Morgan fingerprint density at radius 3 is 2.39 bits per heavy atom. The summed E-state index contributed by atoms with van der Waals surface area (Å²) in [5, 5.41) is 16.2. The van der Waals surface area contributed by atoms with Crippen molar-refractivity contribution in [3.63, 3.8) is 0 Å². The van der Waals surface area contributed by atoms with Crippen molar-refractivity contribution in [3.05, 3.63) is 106 Å². The van der Waals surface area contributed by atoms with Gasteiger partial charge in [0.05, 0.1) is 19.0 Å². The normalized spacial score (nSPS) is 10.7. The van der Waals surface area contributed by atoms with Crippen LogP contribution in [0.1, 0.15) is 40.9 Å². The number of carbonyl (C=O) groups excluding carboxylic acids is 2. The van der Waals surface area contributed by atoms with Gasteiger partial charge in [-0.2, -0.15) is 0 Å². The summed E-state index contributed by atoms with van der Waals surface area (Å²) in [6.45, 7) is 3.91. The van der Waals surface area contributed by atoms with Crippen LogP contribution in [0.3, 0.4) is 0 Å². The molecule has 12 nitrogen and oxygen atoms in total. The molecule has 0 saturated carbocycles. The van der Waals surface area contributed by atoms with Crippen molar-refractivity contribution in [2.45, 2.75) is 39.5 Å². The lowest BCUT2D eigenvalue weighted by Crippen LogP contribution is -2.35. The molecule has 4 rings (SSSR count). The maximum atomic E-state index is 13.5. The van der Waals surface area contributed by atoms with E-state index in [4.69, 9.17) is 21.6 Å². The molecule has 0 spiro atoms. The van der Waals surface area contributed by atoms with Gasteiger partial charge in [-0.25, -0.2) is 4.98 Å². The third kappa shape index (κ3) is 8.00. The van der Waals surface area contributed by atoms with E-state index in [1.165, 1.54) is 10.8 Å². The molecule has 0 bridgehead atoms. The molecule has 0 aliphatic rings. The summed E-state index contributed by atoms with van der Waals surface area (Å²) >= 11 is 0. The first-order valence-electron chi connectivity index (χ1n) is 13.9. The second-order valence-corrected chi connectivity index (χ2v) is 10.4. The maximum Gasteiger partial charge on any atom is 0.294 e. The van der Waals surface area contributed by atoms with Gasteiger partial charge in [0.15, 0.2) is 5.82 Å². The van der Waals surface area contributed by atoms with Crippen molar-refractivity contribution < 1.29 is 14.3 Å². The molecule has 0 atom stereocenters. The molecule has 0 unspecified atom stereocenters. The summed E-state index contributed by atoms with van der Waals surface area (Å²) in [4.78, 5) is 44.0. The molecule has 12 heteroatoms. The number of ether oxygens (including phenoxy) is 1. The average Bonchev–Trinajstić information content (AvgIpc) is 3.00. The number of hydrogen-bond acceptors (Lipinski definition) is 8. The molecule has 1 aromatic heterocycles. The highest BCUT2D eigenvalue weighted by Gasteiger charge is 2.18. The van der Waals surface area contributed by atoms with Crippen LogP contribution in [0.5, 0.6) is 5.75 Å². The number of anilines is 2. The van der Waals surface area contributed by atoms with Gasteiger partial charge >= 0.3 is 0 Å². The fraction of sp³-hybridized carbons (Fsp3) is 0.219. The zero-order valence-corrected chi connectivity index (χ0v) is 24.8. The van der Waals surface area contributed by atoms with Gasteiger partial charge in [0.1, 0.15) is 18.1 Å². The summed E-state index contributed by atoms with van der Waals surface area (Å²) in [7, 11) is 1.57. The van der Waals surface area contributed by atoms with Gasteiger partial charge in [0, 0.05) is 41.5 Å². The third-order valence-corrected chi connectivity index (χ3v) is 6.64. The van der Waals surface area contributed by atoms with Crippen LogP contribution in [-0.2, 0) is 24.4 Å². The minimum absolute atomic E-state index is 0.0463. The summed E-state index contributed by atoms with van der Waals surface area (Å²) in [5.41, 5.74) is 14.8. The zero-order chi connectivity index (χ0) is 31.8. The largest absolute Gasteiger partial charge is 0.497 e. The van der Waals surface area contributed by atoms with Crippen LogP contribution in [0.4, 0.5) is 11.5 Å². The maximum absolute atomic E-state index is 13.5. The lowest BCUT2D eigenvalue weighted by atomic mass is 10.1. The number of nitrogens with two attached hydrogens (primary N) is 2. The zero-order valence-electron chi connectivity index (χ0n) is 24.8. The molecule has 0 saturated heterocycles. The molecule has 2 amide bonds. The lowest BCUT2D eigenvalue weighted by molar-refractivity contribution is -0.121. The average molecular weight is 597 g/mol. The highest BCUT2D eigenvalue weighted by molar-refractivity contribution is 5.96. The predicted molar refractivity (Wildman–Crippen MR) is 171 cm³/mol. The van der Waals surface area contributed by atoms with Gasteiger partial charge in [0.25, 0.3) is 11.5 Å². The molecular weight excluding hydrogens is 560 g/mol. The number of aromatic nitrogens is 2. The van der Waals surface area contributed by atoms with Crippen LogP contribution in [0.15, 0.2) is 77.7 Å². The first kappa shape index (κ1) is 31.3. The predicted octanol–water partition coefficient (Wildman–Crippen LogP) is 2.85. The molecule has 0 radical (unpaired) electrons. The second kappa shape index (κ2) is 14.0. The second-order valence-electron chi connectivity index (χ2n) is 10.4. The number of amides is 2. The molecule has 8 N–H and O–H groups in total. The Hall–Kier alpha value is -5.65. The fourth-order valence-electron chi connectivity index (χ4n) is 4.45. The monoisotopic (exact) mass is 596 g/mol. The summed E-state index contributed by atoms with van der Waals surface area (Å²) in [5.74, 6) is -0.0499. The van der Waals surface area contributed by atoms with Crippen LogP contribution in [0.25, 0.3) is 11.3 Å². The highest BCUT2D eigenvalue weighted by atomic mass is 16.5. The quantitative estimate of drug-likeness (QED) is 0.0817. The standard InChI is InChI=1S/C32H36N8O4/c1-19(2)39-30-32(43)40(18-28(41)36-15-20-7-9-22(10-8-20)29(34)35)27(17-37-30)23-12-24(14-25(33)13-23)31(42)38-16-21-5-4-6-26(11-21)44-3/h4-14,17,19H,15-16,18,33H2,1-3H3,(H3,34,35)(H,36,41)(H,37,39)(H,38,42). The van der Waals surface area contributed by atoms with Gasteiger partial charge in [-0.05, 0) is 55.3 Å². The van der Waals surface area contributed by atoms with Gasteiger partial charge in [0.2, 0.25) is 5.91 Å². The number of rotatable bonds is 12. The van der Waals surface area contributed by atoms with E-state index >= 15 is 0 Å². The highest BCUT2D eigenvalue weighted by Crippen LogP contribution is 2.24. The number of carbonyl (C=O) groups is 2. The lowest BCUT2D eigenvalue weighted by Gasteiger charge is -2.17. The molecular formula is C32H36N8O4. The Morgan fingerprint density at radius 1 is 0.977 bits per heavy atom. The van der Waals surface area contributed by atoms with Crippen molar-refractivity contribution in [3.8, 4) is 17.0 Å². The number of amidine groups is 1. The summed E-state index contributed by atoms with van der Waals surface area (Å²) < 4.78 is 6.55. The van der Waals surface area contributed by atoms with Gasteiger partial charge in [-0.1, -0.05) is 36.4 Å². The SMILES string of the molecule is COc1cccc(CNC(=O)c2cc(N)cc(-c3cnc(NC(C)C)c(=O)n3CC(=O)NCc3ccc(C(=N)N)cc3)c2)c1. The van der Waals surface area contributed by atoms with Gasteiger partial charge in [-0.15, -0.1) is 0 Å². The van der Waals surface area contributed by atoms with Crippen molar-refractivity contribution >= 4 is 29.2 Å². The number of nitrogen functional groups attached to an aromatic ring is 2. The van der Waals surface area contributed by atoms with Crippen molar-refractivity contribution in [2.24, 2.45) is 5.73 Å². The molecule has 1 heterocycles. The van der Waals surface area contributed by atoms with E-state index in [-0.39, 0.29) is 48.8 Å². The van der Waals surface area contributed by atoms with Crippen molar-refractivity contribution in [2.75, 3.05) is 18.2 Å². The van der Waals surface area contributed by atoms with Crippen LogP contribution >= 0.6 is 0 Å². The molecule has 0 fully saturated rings. The molecule has 0 aliphatic heterocycles. The first-order valence-corrected chi connectivity index (χ1v) is 13.9. The molecule has 4 aromatic rings. The number of nitrogens with one attached hydrogen (secondary N) is 4.